The molecule has 19 heavy (non-hydrogen) atoms. The number of carbonyl (C=O) groups excluding carboxylic acids is 1. The zero-order chi connectivity index (χ0) is 13.7. The standard InChI is InChI=1S/C16H29NO2/c1-13-7-9-16(12-17,10-8-13)15(18)19-11-14-5-3-2-4-6-14/h13-14H,2-12,17H2,1H3. The van der Waals surface area contributed by atoms with Gasteiger partial charge in [-0.3, -0.25) is 4.79 Å². The molecular formula is C16H29NO2. The summed E-state index contributed by atoms with van der Waals surface area (Å²) in [4.78, 5) is 12.4. The van der Waals surface area contributed by atoms with Crippen molar-refractivity contribution in [3.8, 4) is 0 Å². The molecule has 2 aliphatic carbocycles. The summed E-state index contributed by atoms with van der Waals surface area (Å²) in [6, 6.07) is 0. The molecule has 2 aliphatic rings. The highest BCUT2D eigenvalue weighted by atomic mass is 16.5. The number of carbonyl (C=O) groups is 1. The molecule has 3 nitrogen and oxygen atoms in total. The smallest absolute Gasteiger partial charge is 0.313 e. The van der Waals surface area contributed by atoms with Gasteiger partial charge in [0.1, 0.15) is 0 Å². The fraction of sp³-hybridized carbons (Fsp3) is 0.938. The van der Waals surface area contributed by atoms with Crippen LogP contribution in [-0.4, -0.2) is 19.1 Å². The summed E-state index contributed by atoms with van der Waals surface area (Å²) in [5, 5.41) is 0. The van der Waals surface area contributed by atoms with Gasteiger partial charge < -0.3 is 10.5 Å². The first-order valence-corrected chi connectivity index (χ1v) is 8.03. The van der Waals surface area contributed by atoms with Crippen LogP contribution in [0.15, 0.2) is 0 Å². The third-order valence-electron chi connectivity index (χ3n) is 5.23. The number of ether oxygens (including phenoxy) is 1. The lowest BCUT2D eigenvalue weighted by Crippen LogP contribution is -2.43. The van der Waals surface area contributed by atoms with Crippen LogP contribution in [0.2, 0.25) is 0 Å². The molecule has 0 radical (unpaired) electrons. The topological polar surface area (TPSA) is 52.3 Å². The van der Waals surface area contributed by atoms with Gasteiger partial charge in [0.2, 0.25) is 0 Å². The molecule has 2 rings (SSSR count). The molecule has 2 fully saturated rings. The SMILES string of the molecule is CC1CCC(CN)(C(=O)OCC2CCCCC2)CC1. The van der Waals surface area contributed by atoms with Crippen molar-refractivity contribution < 1.29 is 9.53 Å². The summed E-state index contributed by atoms with van der Waals surface area (Å²) in [5.41, 5.74) is 5.52. The second-order valence-corrected chi connectivity index (χ2v) is 6.77. The Hall–Kier alpha value is -0.570. The number of hydrogen-bond acceptors (Lipinski definition) is 3. The minimum Gasteiger partial charge on any atom is -0.465 e. The van der Waals surface area contributed by atoms with E-state index >= 15 is 0 Å². The van der Waals surface area contributed by atoms with Crippen LogP contribution in [0.3, 0.4) is 0 Å². The number of rotatable bonds is 4. The van der Waals surface area contributed by atoms with Crippen LogP contribution in [0.4, 0.5) is 0 Å². The maximum absolute atomic E-state index is 12.4. The van der Waals surface area contributed by atoms with Crippen molar-refractivity contribution in [2.75, 3.05) is 13.2 Å². The predicted octanol–water partition coefficient (Wildman–Crippen LogP) is 3.27. The fourth-order valence-corrected chi connectivity index (χ4v) is 3.51. The van der Waals surface area contributed by atoms with Crippen LogP contribution in [-0.2, 0) is 9.53 Å². The fourth-order valence-electron chi connectivity index (χ4n) is 3.51. The van der Waals surface area contributed by atoms with E-state index in [0.717, 1.165) is 31.6 Å². The molecule has 110 valence electrons. The first kappa shape index (κ1) is 14.8. The molecule has 0 bridgehead atoms. The minimum absolute atomic E-state index is 0.0209. The van der Waals surface area contributed by atoms with Crippen molar-refractivity contribution in [2.24, 2.45) is 23.0 Å². The maximum Gasteiger partial charge on any atom is 0.313 e. The summed E-state index contributed by atoms with van der Waals surface area (Å²) >= 11 is 0. The first-order chi connectivity index (χ1) is 9.16. The largest absolute Gasteiger partial charge is 0.465 e. The van der Waals surface area contributed by atoms with E-state index in [1.165, 1.54) is 32.1 Å². The Bertz CT molecular complexity index is 289. The van der Waals surface area contributed by atoms with E-state index in [4.69, 9.17) is 10.5 Å². The predicted molar refractivity (Wildman–Crippen MR) is 76.7 cm³/mol. The quantitative estimate of drug-likeness (QED) is 0.795. The normalized spacial score (nSPS) is 33.1. The van der Waals surface area contributed by atoms with E-state index in [1.807, 2.05) is 0 Å². The van der Waals surface area contributed by atoms with E-state index in [2.05, 4.69) is 6.92 Å². The molecule has 0 aromatic rings. The summed E-state index contributed by atoms with van der Waals surface area (Å²) in [6.45, 7) is 3.33. The Balaban J connectivity index is 1.82. The molecule has 2 saturated carbocycles. The molecular weight excluding hydrogens is 238 g/mol. The monoisotopic (exact) mass is 267 g/mol. The summed E-state index contributed by atoms with van der Waals surface area (Å²) in [5.74, 6) is 1.30. The van der Waals surface area contributed by atoms with Crippen LogP contribution in [0.1, 0.15) is 64.7 Å². The molecule has 2 N–H and O–H groups in total. The Kier molecular flexibility index (Phi) is 5.26. The second kappa shape index (κ2) is 6.74. The molecule has 0 aromatic carbocycles. The van der Waals surface area contributed by atoms with Gasteiger partial charge >= 0.3 is 5.97 Å². The van der Waals surface area contributed by atoms with Crippen LogP contribution in [0.5, 0.6) is 0 Å². The van der Waals surface area contributed by atoms with E-state index in [9.17, 15) is 4.79 Å². The van der Waals surface area contributed by atoms with Crippen molar-refractivity contribution in [1.29, 1.82) is 0 Å². The third-order valence-corrected chi connectivity index (χ3v) is 5.23. The summed E-state index contributed by atoms with van der Waals surface area (Å²) < 4.78 is 5.63. The lowest BCUT2D eigenvalue weighted by molar-refractivity contribution is -0.159. The van der Waals surface area contributed by atoms with Crippen molar-refractivity contribution in [2.45, 2.75) is 64.7 Å². The van der Waals surface area contributed by atoms with Crippen LogP contribution >= 0.6 is 0 Å². The van der Waals surface area contributed by atoms with Gasteiger partial charge in [-0.05, 0) is 50.4 Å². The lowest BCUT2D eigenvalue weighted by atomic mass is 9.71. The van der Waals surface area contributed by atoms with Crippen LogP contribution < -0.4 is 5.73 Å². The van der Waals surface area contributed by atoms with E-state index in [0.29, 0.717) is 19.1 Å². The van der Waals surface area contributed by atoms with Gasteiger partial charge in [-0.1, -0.05) is 26.2 Å². The van der Waals surface area contributed by atoms with Gasteiger partial charge in [-0.2, -0.15) is 0 Å². The molecule has 0 atom stereocenters. The second-order valence-electron chi connectivity index (χ2n) is 6.77. The van der Waals surface area contributed by atoms with E-state index < -0.39 is 0 Å². The Morgan fingerprint density at radius 2 is 1.79 bits per heavy atom. The van der Waals surface area contributed by atoms with E-state index in [1.54, 1.807) is 0 Å². The molecule has 0 aromatic heterocycles. The van der Waals surface area contributed by atoms with E-state index in [-0.39, 0.29) is 11.4 Å². The maximum atomic E-state index is 12.4. The molecule has 0 spiro atoms. The molecule has 0 amide bonds. The molecule has 0 heterocycles. The number of esters is 1. The molecule has 0 unspecified atom stereocenters. The third kappa shape index (κ3) is 3.71. The van der Waals surface area contributed by atoms with Gasteiger partial charge in [-0.15, -0.1) is 0 Å². The Morgan fingerprint density at radius 3 is 2.37 bits per heavy atom. The van der Waals surface area contributed by atoms with Gasteiger partial charge in [0.15, 0.2) is 0 Å². The van der Waals surface area contributed by atoms with Gasteiger partial charge in [0.25, 0.3) is 0 Å². The zero-order valence-electron chi connectivity index (χ0n) is 12.3. The number of nitrogens with two attached hydrogens (primary N) is 1. The highest BCUT2D eigenvalue weighted by Crippen LogP contribution is 2.39. The zero-order valence-corrected chi connectivity index (χ0v) is 12.3. The van der Waals surface area contributed by atoms with Crippen molar-refractivity contribution in [3.05, 3.63) is 0 Å². The highest BCUT2D eigenvalue weighted by Gasteiger charge is 2.41. The lowest BCUT2D eigenvalue weighted by Gasteiger charge is -2.36. The Labute approximate surface area is 117 Å². The average molecular weight is 267 g/mol. The molecule has 0 aliphatic heterocycles. The minimum atomic E-state index is -0.374. The van der Waals surface area contributed by atoms with Gasteiger partial charge in [-0.25, -0.2) is 0 Å². The highest BCUT2D eigenvalue weighted by molar-refractivity contribution is 5.77. The van der Waals surface area contributed by atoms with Crippen LogP contribution in [0, 0.1) is 17.3 Å². The van der Waals surface area contributed by atoms with Gasteiger partial charge in [0.05, 0.1) is 12.0 Å². The first-order valence-electron chi connectivity index (χ1n) is 8.03. The summed E-state index contributed by atoms with van der Waals surface area (Å²) in [6.07, 6.45) is 10.4. The van der Waals surface area contributed by atoms with Crippen molar-refractivity contribution in [1.82, 2.24) is 0 Å². The molecule has 0 saturated heterocycles. The van der Waals surface area contributed by atoms with Crippen molar-refractivity contribution in [3.63, 3.8) is 0 Å². The van der Waals surface area contributed by atoms with Crippen LogP contribution in [0.25, 0.3) is 0 Å². The Morgan fingerprint density at radius 1 is 1.16 bits per heavy atom. The number of hydrogen-bond donors (Lipinski definition) is 1. The average Bonchev–Trinajstić information content (AvgIpc) is 2.47. The summed E-state index contributed by atoms with van der Waals surface area (Å²) in [7, 11) is 0. The molecule has 3 heteroatoms. The van der Waals surface area contributed by atoms with Gasteiger partial charge in [0, 0.05) is 6.54 Å². The van der Waals surface area contributed by atoms with Crippen molar-refractivity contribution >= 4 is 5.97 Å².